The van der Waals surface area contributed by atoms with Crippen molar-refractivity contribution in [3.63, 3.8) is 0 Å². The summed E-state index contributed by atoms with van der Waals surface area (Å²) < 4.78 is 0. The van der Waals surface area contributed by atoms with Crippen LogP contribution in [0.25, 0.3) is 0 Å². The number of carbonyl (C=O) groups excluding carboxylic acids is 2. The molecule has 1 aromatic rings. The van der Waals surface area contributed by atoms with Crippen molar-refractivity contribution in [1.82, 2.24) is 15.5 Å². The van der Waals surface area contributed by atoms with Gasteiger partial charge in [0, 0.05) is 24.0 Å². The number of thiophene rings is 1. The third-order valence-corrected chi connectivity index (χ3v) is 4.53. The van der Waals surface area contributed by atoms with Crippen LogP contribution in [0.2, 0.25) is 0 Å². The van der Waals surface area contributed by atoms with Crippen LogP contribution in [0.5, 0.6) is 0 Å². The Bertz CT molecular complexity index is 487. The molecule has 1 aliphatic rings. The fraction of sp³-hybridized carbons (Fsp3) is 0.571. The molecule has 110 valence electrons. The van der Waals surface area contributed by atoms with Crippen molar-refractivity contribution < 1.29 is 9.59 Å². The Hall–Kier alpha value is -1.40. The lowest BCUT2D eigenvalue weighted by atomic mass is 9.98. The highest BCUT2D eigenvalue weighted by Crippen LogP contribution is 2.34. The first kappa shape index (κ1) is 15.0. The average Bonchev–Trinajstić information content (AvgIpc) is 2.86. The second-order valence-corrected chi connectivity index (χ2v) is 5.85. The number of rotatable bonds is 4. The van der Waals surface area contributed by atoms with Crippen LogP contribution in [-0.4, -0.2) is 36.5 Å². The second-order valence-electron chi connectivity index (χ2n) is 4.85. The molecule has 6 heteroatoms. The number of nitrogens with one attached hydrogen (secondary N) is 2. The maximum absolute atomic E-state index is 11.9. The van der Waals surface area contributed by atoms with Crippen molar-refractivity contribution >= 4 is 23.3 Å². The van der Waals surface area contributed by atoms with Gasteiger partial charge in [-0.15, -0.1) is 11.3 Å². The number of imide groups is 1. The molecule has 2 N–H and O–H groups in total. The Labute approximate surface area is 123 Å². The van der Waals surface area contributed by atoms with Gasteiger partial charge in [0.05, 0.1) is 6.54 Å². The molecule has 5 nitrogen and oxygen atoms in total. The largest absolute Gasteiger partial charge is 0.338 e. The van der Waals surface area contributed by atoms with Crippen molar-refractivity contribution in [3.8, 4) is 0 Å². The Morgan fingerprint density at radius 2 is 2.25 bits per heavy atom. The fourth-order valence-corrected chi connectivity index (χ4v) is 3.60. The van der Waals surface area contributed by atoms with Gasteiger partial charge < -0.3 is 5.32 Å². The second kappa shape index (κ2) is 6.85. The molecule has 0 fully saturated rings. The Kier molecular flexibility index (Phi) is 5.14. The monoisotopic (exact) mass is 295 g/mol. The summed E-state index contributed by atoms with van der Waals surface area (Å²) in [5.74, 6) is -0.243. The van der Waals surface area contributed by atoms with Crippen LogP contribution in [0.15, 0.2) is 11.4 Å². The van der Waals surface area contributed by atoms with Gasteiger partial charge in [-0.2, -0.15) is 0 Å². The lowest BCUT2D eigenvalue weighted by Gasteiger charge is -2.34. The Balaban J connectivity index is 1.96. The number of hydrogen-bond acceptors (Lipinski definition) is 4. The zero-order chi connectivity index (χ0) is 14.5. The molecule has 0 radical (unpaired) electrons. The van der Waals surface area contributed by atoms with Gasteiger partial charge in [-0.1, -0.05) is 6.92 Å². The van der Waals surface area contributed by atoms with Gasteiger partial charge in [0.25, 0.3) is 0 Å². The summed E-state index contributed by atoms with van der Waals surface area (Å²) in [6.45, 7) is 5.60. The maximum Gasteiger partial charge on any atom is 0.321 e. The summed E-state index contributed by atoms with van der Waals surface area (Å²) in [6, 6.07) is 2.02. The van der Waals surface area contributed by atoms with Crippen molar-refractivity contribution in [2.24, 2.45) is 0 Å². The molecule has 0 spiro atoms. The molecule has 0 saturated carbocycles. The summed E-state index contributed by atoms with van der Waals surface area (Å²) in [4.78, 5) is 26.8. The molecule has 0 aromatic carbocycles. The van der Waals surface area contributed by atoms with E-state index in [1.807, 2.05) is 6.92 Å². The van der Waals surface area contributed by atoms with E-state index < -0.39 is 6.03 Å². The molecule has 2 rings (SSSR count). The Morgan fingerprint density at radius 1 is 1.45 bits per heavy atom. The first-order chi connectivity index (χ1) is 9.65. The third kappa shape index (κ3) is 3.37. The molecule has 3 amide bonds. The summed E-state index contributed by atoms with van der Waals surface area (Å²) in [7, 11) is 0. The topological polar surface area (TPSA) is 61.4 Å². The molecule has 0 saturated heterocycles. The van der Waals surface area contributed by atoms with Gasteiger partial charge in [0.15, 0.2) is 0 Å². The van der Waals surface area contributed by atoms with Gasteiger partial charge in [-0.05, 0) is 36.8 Å². The maximum atomic E-state index is 11.9. The number of hydrogen-bond donors (Lipinski definition) is 2. The van der Waals surface area contributed by atoms with Crippen LogP contribution in [0.1, 0.15) is 36.8 Å². The normalized spacial score (nSPS) is 18.4. The number of amides is 3. The Morgan fingerprint density at radius 3 is 2.95 bits per heavy atom. The summed E-state index contributed by atoms with van der Waals surface area (Å²) in [6.07, 6.45) is 1.95. The third-order valence-electron chi connectivity index (χ3n) is 3.53. The first-order valence-electron chi connectivity index (χ1n) is 7.03. The van der Waals surface area contributed by atoms with E-state index in [1.54, 1.807) is 11.3 Å². The number of nitrogens with zero attached hydrogens (tertiary/aromatic N) is 1. The van der Waals surface area contributed by atoms with Crippen LogP contribution in [-0.2, 0) is 11.2 Å². The summed E-state index contributed by atoms with van der Waals surface area (Å²) in [5, 5.41) is 7.04. The molecule has 0 bridgehead atoms. The van der Waals surface area contributed by atoms with E-state index in [4.69, 9.17) is 0 Å². The van der Waals surface area contributed by atoms with E-state index in [0.29, 0.717) is 6.54 Å². The predicted molar refractivity (Wildman–Crippen MR) is 79.8 cm³/mol. The van der Waals surface area contributed by atoms with E-state index in [2.05, 4.69) is 33.9 Å². The van der Waals surface area contributed by atoms with Crippen LogP contribution in [0, 0.1) is 0 Å². The number of urea groups is 1. The minimum Gasteiger partial charge on any atom is -0.338 e. The van der Waals surface area contributed by atoms with Crippen molar-refractivity contribution in [2.75, 3.05) is 19.6 Å². The molecule has 1 unspecified atom stereocenters. The molecule has 1 aliphatic heterocycles. The molecule has 20 heavy (non-hydrogen) atoms. The fourth-order valence-electron chi connectivity index (χ4n) is 2.67. The van der Waals surface area contributed by atoms with Crippen LogP contribution in [0.4, 0.5) is 4.79 Å². The van der Waals surface area contributed by atoms with E-state index in [-0.39, 0.29) is 18.5 Å². The van der Waals surface area contributed by atoms with Gasteiger partial charge in [0.2, 0.25) is 5.91 Å². The molecule has 1 atom stereocenters. The lowest BCUT2D eigenvalue weighted by Crippen LogP contribution is -2.46. The van der Waals surface area contributed by atoms with E-state index in [1.165, 1.54) is 10.4 Å². The minimum absolute atomic E-state index is 0.243. The van der Waals surface area contributed by atoms with Crippen molar-refractivity contribution in [3.05, 3.63) is 21.9 Å². The van der Waals surface area contributed by atoms with E-state index in [0.717, 1.165) is 19.4 Å². The van der Waals surface area contributed by atoms with Crippen LogP contribution in [0.3, 0.4) is 0 Å². The first-order valence-corrected chi connectivity index (χ1v) is 7.91. The van der Waals surface area contributed by atoms with E-state index >= 15 is 0 Å². The van der Waals surface area contributed by atoms with Crippen molar-refractivity contribution in [2.45, 2.75) is 32.7 Å². The quantitative estimate of drug-likeness (QED) is 0.892. The standard InChI is InChI=1S/C14H21N3O2S/c1-3-11-10-6-8-20-12(10)5-7-17(11)9-13(18)16-14(19)15-4-2/h6,8,11H,3-5,7,9H2,1-2H3,(H2,15,16,18,19). The predicted octanol–water partition coefficient (Wildman–Crippen LogP) is 1.90. The minimum atomic E-state index is -0.418. The summed E-state index contributed by atoms with van der Waals surface area (Å²) >= 11 is 1.79. The molecular formula is C14H21N3O2S. The highest BCUT2D eigenvalue weighted by Gasteiger charge is 2.28. The van der Waals surface area contributed by atoms with E-state index in [9.17, 15) is 9.59 Å². The van der Waals surface area contributed by atoms with Gasteiger partial charge in [-0.25, -0.2) is 4.79 Å². The zero-order valence-corrected chi connectivity index (χ0v) is 12.8. The van der Waals surface area contributed by atoms with Crippen LogP contribution >= 0.6 is 11.3 Å². The zero-order valence-electron chi connectivity index (χ0n) is 11.9. The molecular weight excluding hydrogens is 274 g/mol. The highest BCUT2D eigenvalue weighted by atomic mass is 32.1. The molecule has 1 aromatic heterocycles. The SMILES string of the molecule is CCNC(=O)NC(=O)CN1CCc2sccc2C1CC. The lowest BCUT2D eigenvalue weighted by molar-refractivity contribution is -0.121. The number of fused-ring (bicyclic) bond motifs is 1. The van der Waals surface area contributed by atoms with Crippen LogP contribution < -0.4 is 10.6 Å². The summed E-state index contributed by atoms with van der Waals surface area (Å²) in [5.41, 5.74) is 1.34. The van der Waals surface area contributed by atoms with Gasteiger partial charge in [0.1, 0.15) is 0 Å². The van der Waals surface area contributed by atoms with Gasteiger partial charge in [-0.3, -0.25) is 15.0 Å². The number of carbonyl (C=O) groups is 2. The molecule has 0 aliphatic carbocycles. The van der Waals surface area contributed by atoms with Crippen molar-refractivity contribution in [1.29, 1.82) is 0 Å². The van der Waals surface area contributed by atoms with Gasteiger partial charge >= 0.3 is 6.03 Å². The smallest absolute Gasteiger partial charge is 0.321 e. The highest BCUT2D eigenvalue weighted by molar-refractivity contribution is 7.10. The average molecular weight is 295 g/mol. The molecule has 2 heterocycles.